The van der Waals surface area contributed by atoms with Crippen LogP contribution in [-0.4, -0.2) is 202 Å². The lowest BCUT2D eigenvalue weighted by molar-refractivity contribution is -0.300. The van der Waals surface area contributed by atoms with Crippen molar-refractivity contribution in [1.29, 1.82) is 0 Å². The van der Waals surface area contributed by atoms with E-state index in [2.05, 4.69) is 16.0 Å². The summed E-state index contributed by atoms with van der Waals surface area (Å²) in [5, 5.41) is 93.4. The molecule has 2 rings (SSSR count). The molecule has 0 bridgehead atoms. The molecular formula is C24H42N4O17. The lowest BCUT2D eigenvalue weighted by Gasteiger charge is -2.39. The lowest BCUT2D eigenvalue weighted by atomic mass is 9.99. The second-order valence-electron chi connectivity index (χ2n) is 10.2. The van der Waals surface area contributed by atoms with E-state index in [0.29, 0.717) is 0 Å². The minimum atomic E-state index is -1.65. The number of carboxylic acids is 1. The maximum atomic E-state index is 12.5. The Morgan fingerprint density at radius 1 is 0.600 bits per heavy atom. The maximum Gasteiger partial charge on any atom is 0.322 e. The molecule has 0 unspecified atom stereocenters. The molecule has 0 aromatic heterocycles. The van der Waals surface area contributed by atoms with Crippen LogP contribution in [0.2, 0.25) is 0 Å². The summed E-state index contributed by atoms with van der Waals surface area (Å²) in [5.74, 6) is -3.48. The van der Waals surface area contributed by atoms with E-state index in [-0.39, 0.29) is 26.3 Å². The Labute approximate surface area is 256 Å². The van der Waals surface area contributed by atoms with Crippen molar-refractivity contribution in [3.8, 4) is 0 Å². The van der Waals surface area contributed by atoms with Crippen molar-refractivity contribution in [2.45, 2.75) is 61.4 Å². The number of ether oxygens (including phenoxy) is 4. The molecule has 260 valence electrons. The van der Waals surface area contributed by atoms with Crippen molar-refractivity contribution < 1.29 is 84.1 Å². The number of amides is 3. The predicted octanol–water partition coefficient (Wildman–Crippen LogP) is -8.65. The first kappa shape index (κ1) is 38.5. The molecule has 2 heterocycles. The zero-order chi connectivity index (χ0) is 33.7. The third-order valence-corrected chi connectivity index (χ3v) is 6.65. The highest BCUT2D eigenvalue weighted by atomic mass is 16.7. The van der Waals surface area contributed by atoms with Gasteiger partial charge in [-0.15, -0.1) is 0 Å². The zero-order valence-corrected chi connectivity index (χ0v) is 24.1. The van der Waals surface area contributed by atoms with Gasteiger partial charge in [-0.3, -0.25) is 24.1 Å². The van der Waals surface area contributed by atoms with Crippen LogP contribution in [0.15, 0.2) is 0 Å². The number of hydrogen-bond acceptors (Lipinski definition) is 17. The van der Waals surface area contributed by atoms with Gasteiger partial charge in [0.1, 0.15) is 55.4 Å². The van der Waals surface area contributed by atoms with E-state index in [0.717, 1.165) is 4.90 Å². The molecule has 2 fully saturated rings. The number of aliphatic carboxylic acids is 1. The maximum absolute atomic E-state index is 12.5. The number of carbonyl (C=O) groups is 4. The van der Waals surface area contributed by atoms with Crippen molar-refractivity contribution in [1.82, 2.24) is 20.9 Å². The average Bonchev–Trinajstić information content (AvgIpc) is 2.99. The number of nitrogens with one attached hydrogen (secondary N) is 3. The van der Waals surface area contributed by atoms with Gasteiger partial charge in [-0.2, -0.15) is 0 Å². The molecule has 3 amide bonds. The zero-order valence-electron chi connectivity index (χ0n) is 24.1. The van der Waals surface area contributed by atoms with Crippen LogP contribution in [0.1, 0.15) is 0 Å². The first-order valence-corrected chi connectivity index (χ1v) is 13.9. The molecule has 0 aliphatic carbocycles. The highest BCUT2D eigenvalue weighted by molar-refractivity contribution is 5.85. The van der Waals surface area contributed by atoms with E-state index in [1.807, 2.05) is 0 Å². The summed E-state index contributed by atoms with van der Waals surface area (Å²) in [4.78, 5) is 49.0. The van der Waals surface area contributed by atoms with Crippen LogP contribution in [0.4, 0.5) is 0 Å². The summed E-state index contributed by atoms with van der Waals surface area (Å²) in [7, 11) is 0. The minimum absolute atomic E-state index is 0.158. The van der Waals surface area contributed by atoms with Gasteiger partial charge in [0.25, 0.3) is 0 Å². The van der Waals surface area contributed by atoms with Gasteiger partial charge in [0.2, 0.25) is 17.7 Å². The Morgan fingerprint density at radius 3 is 1.33 bits per heavy atom. The molecule has 0 aromatic carbocycles. The summed E-state index contributed by atoms with van der Waals surface area (Å²) in [6.07, 6.45) is -14.9. The standard InChI is InChI=1S/C24H42N4O17/c29-9-11-17(36)19(38)21(40)23(44-11)42-3-1-25-13(31)6-28(8-15(33)27-5-16(34)35)7-14(32)26-2-4-43-24-22(41)20(39)18(37)12(10-30)45-24/h11-12,17-24,29-30,36-41H,1-10H2,(H,25,31)(H,26,32)(H,27,33)(H,34,35)/t11-,12-,17-,18-,19+,20+,21-,22-,23+,24+/m1/s1. The molecule has 10 atom stereocenters. The average molecular weight is 659 g/mol. The number of hydrogen-bond donors (Lipinski definition) is 12. The van der Waals surface area contributed by atoms with Crippen molar-refractivity contribution in [3.05, 3.63) is 0 Å². The number of carbonyl (C=O) groups excluding carboxylic acids is 3. The van der Waals surface area contributed by atoms with Crippen LogP contribution >= 0.6 is 0 Å². The number of carboxylic acid groups (broad SMARTS) is 1. The Balaban J connectivity index is 1.82. The van der Waals surface area contributed by atoms with Gasteiger partial charge in [-0.05, 0) is 0 Å². The SMILES string of the molecule is O=C(O)CNC(=O)CN(CC(=O)NCCO[C@H]1O[C@H](CO)[C@@H](O)[C@H](O)[C@H]1O)CC(=O)NCCO[C@H]1O[C@H](CO)[C@@H](O)[C@H](O)[C@H]1O. The van der Waals surface area contributed by atoms with E-state index >= 15 is 0 Å². The minimum Gasteiger partial charge on any atom is -0.480 e. The van der Waals surface area contributed by atoms with Crippen LogP contribution in [0.25, 0.3) is 0 Å². The molecule has 2 aliphatic rings. The van der Waals surface area contributed by atoms with Gasteiger partial charge in [-0.1, -0.05) is 0 Å². The van der Waals surface area contributed by atoms with Crippen molar-refractivity contribution in [2.24, 2.45) is 0 Å². The van der Waals surface area contributed by atoms with Crippen LogP contribution < -0.4 is 16.0 Å². The van der Waals surface area contributed by atoms with Gasteiger partial charge < -0.3 is 80.9 Å². The first-order valence-electron chi connectivity index (χ1n) is 13.9. The van der Waals surface area contributed by atoms with E-state index in [4.69, 9.17) is 24.1 Å². The second kappa shape index (κ2) is 19.1. The summed E-state index contributed by atoms with van der Waals surface area (Å²) in [5.41, 5.74) is 0. The highest BCUT2D eigenvalue weighted by Crippen LogP contribution is 2.22. The molecule has 0 aromatic rings. The van der Waals surface area contributed by atoms with Gasteiger partial charge in [-0.25, -0.2) is 0 Å². The third-order valence-electron chi connectivity index (χ3n) is 6.65. The van der Waals surface area contributed by atoms with Crippen LogP contribution in [0.3, 0.4) is 0 Å². The Kier molecular flexibility index (Phi) is 16.4. The Bertz CT molecular complexity index is 901. The smallest absolute Gasteiger partial charge is 0.322 e. The van der Waals surface area contributed by atoms with Crippen LogP contribution in [0.5, 0.6) is 0 Å². The molecule has 0 radical (unpaired) electrons. The fourth-order valence-electron chi connectivity index (χ4n) is 4.26. The fraction of sp³-hybridized carbons (Fsp3) is 0.833. The normalized spacial score (nSPS) is 31.8. The molecule has 2 aliphatic heterocycles. The second-order valence-corrected chi connectivity index (χ2v) is 10.2. The lowest BCUT2D eigenvalue weighted by Crippen LogP contribution is -2.59. The quantitative estimate of drug-likeness (QED) is 0.0608. The van der Waals surface area contributed by atoms with Gasteiger partial charge in [0.05, 0.1) is 46.1 Å². The summed E-state index contributed by atoms with van der Waals surface area (Å²) < 4.78 is 20.9. The number of aliphatic hydroxyl groups is 8. The van der Waals surface area contributed by atoms with Crippen molar-refractivity contribution in [3.63, 3.8) is 0 Å². The van der Waals surface area contributed by atoms with E-state index < -0.39 is 124 Å². The molecule has 21 nitrogen and oxygen atoms in total. The third kappa shape index (κ3) is 12.2. The van der Waals surface area contributed by atoms with Crippen LogP contribution in [-0.2, 0) is 38.1 Å². The predicted molar refractivity (Wildman–Crippen MR) is 143 cm³/mol. The number of aliphatic hydroxyl groups excluding tert-OH is 8. The van der Waals surface area contributed by atoms with Crippen molar-refractivity contribution in [2.75, 3.05) is 65.7 Å². The van der Waals surface area contributed by atoms with E-state index in [1.165, 1.54) is 0 Å². The Morgan fingerprint density at radius 2 is 0.978 bits per heavy atom. The van der Waals surface area contributed by atoms with E-state index in [9.17, 15) is 60.0 Å². The monoisotopic (exact) mass is 658 g/mol. The largest absolute Gasteiger partial charge is 0.480 e. The molecule has 2 saturated heterocycles. The molecule has 21 heteroatoms. The molecule has 0 saturated carbocycles. The van der Waals surface area contributed by atoms with Gasteiger partial charge in [0.15, 0.2) is 12.6 Å². The summed E-state index contributed by atoms with van der Waals surface area (Å²) in [6, 6.07) is 0. The molecular weight excluding hydrogens is 616 g/mol. The molecule has 12 N–H and O–H groups in total. The highest BCUT2D eigenvalue weighted by Gasteiger charge is 2.45. The summed E-state index contributed by atoms with van der Waals surface area (Å²) in [6.45, 7) is -4.38. The number of rotatable bonds is 18. The van der Waals surface area contributed by atoms with E-state index in [1.54, 1.807) is 0 Å². The molecule has 45 heavy (non-hydrogen) atoms. The van der Waals surface area contributed by atoms with Gasteiger partial charge in [0, 0.05) is 13.1 Å². The van der Waals surface area contributed by atoms with Crippen LogP contribution in [0, 0.1) is 0 Å². The molecule has 0 spiro atoms. The van der Waals surface area contributed by atoms with Gasteiger partial charge >= 0.3 is 5.97 Å². The fourth-order valence-corrected chi connectivity index (χ4v) is 4.26. The Hall–Kier alpha value is -2.64. The first-order chi connectivity index (χ1) is 21.3. The van der Waals surface area contributed by atoms with Crippen molar-refractivity contribution >= 4 is 23.7 Å². The number of nitrogens with zero attached hydrogens (tertiary/aromatic N) is 1. The topological polar surface area (TPSA) is 327 Å². The summed E-state index contributed by atoms with van der Waals surface area (Å²) >= 11 is 0.